The van der Waals surface area contributed by atoms with E-state index in [1.165, 1.54) is 0 Å². The summed E-state index contributed by atoms with van der Waals surface area (Å²) >= 11 is 3.01. The molecule has 0 aromatic carbocycles. The second-order valence-corrected chi connectivity index (χ2v) is 5.27. The summed E-state index contributed by atoms with van der Waals surface area (Å²) in [6.45, 7) is 4.09. The molecular formula is C13H20BrNO4. The Morgan fingerprint density at radius 1 is 1.26 bits per heavy atom. The number of ketones is 1. The number of nitrogens with zero attached hydrogens (tertiary/aromatic N) is 1. The Hall–Kier alpha value is -0.910. The third-order valence-corrected chi connectivity index (χ3v) is 3.62. The smallest absolute Gasteiger partial charge is 0.364 e. The fourth-order valence-electron chi connectivity index (χ4n) is 1.93. The maximum absolute atomic E-state index is 11.6. The number of ether oxygens (including phenoxy) is 1. The first kappa shape index (κ1) is 16.1. The molecule has 0 N–H and O–H groups in total. The van der Waals surface area contributed by atoms with Crippen LogP contribution >= 0.6 is 15.9 Å². The standard InChI is InChI=1S/C13H20BrNO4/c1-3-18-13(17)12(11(16)8-14)15-19-10-6-4-9(2)5-7-10/h9-10H,3-8H2,1-2H3/b15-12-/t9-,10-. The predicted octanol–water partition coefficient (Wildman–Crippen LogP) is 2.46. The summed E-state index contributed by atoms with van der Waals surface area (Å²) < 4.78 is 4.79. The van der Waals surface area contributed by atoms with Crippen LogP contribution in [0, 0.1) is 5.92 Å². The Morgan fingerprint density at radius 2 is 1.89 bits per heavy atom. The van der Waals surface area contributed by atoms with Crippen LogP contribution in [0.25, 0.3) is 0 Å². The Morgan fingerprint density at radius 3 is 2.42 bits per heavy atom. The van der Waals surface area contributed by atoms with Gasteiger partial charge in [0.2, 0.25) is 11.5 Å². The lowest BCUT2D eigenvalue weighted by Crippen LogP contribution is -2.29. The van der Waals surface area contributed by atoms with Crippen molar-refractivity contribution in [2.45, 2.75) is 45.6 Å². The van der Waals surface area contributed by atoms with E-state index < -0.39 is 11.8 Å². The highest BCUT2D eigenvalue weighted by Gasteiger charge is 2.24. The van der Waals surface area contributed by atoms with Crippen LogP contribution in [0.2, 0.25) is 0 Å². The molecule has 0 spiro atoms. The molecule has 5 nitrogen and oxygen atoms in total. The second-order valence-electron chi connectivity index (χ2n) is 4.70. The predicted molar refractivity (Wildman–Crippen MR) is 75.4 cm³/mol. The average Bonchev–Trinajstić information content (AvgIpc) is 2.41. The van der Waals surface area contributed by atoms with Gasteiger partial charge in [-0.3, -0.25) is 4.79 Å². The van der Waals surface area contributed by atoms with E-state index in [4.69, 9.17) is 9.57 Å². The van der Waals surface area contributed by atoms with Crippen LogP contribution in [0.3, 0.4) is 0 Å². The number of hydrogen-bond acceptors (Lipinski definition) is 5. The van der Waals surface area contributed by atoms with Crippen molar-refractivity contribution < 1.29 is 19.2 Å². The highest BCUT2D eigenvalue weighted by molar-refractivity contribution is 9.09. The van der Waals surface area contributed by atoms with E-state index in [0.29, 0.717) is 5.92 Å². The van der Waals surface area contributed by atoms with E-state index >= 15 is 0 Å². The first-order valence-corrected chi connectivity index (χ1v) is 7.70. The van der Waals surface area contributed by atoms with Crippen LogP contribution < -0.4 is 0 Å². The number of halogens is 1. The molecule has 0 aromatic heterocycles. The number of oxime groups is 1. The molecular weight excluding hydrogens is 314 g/mol. The van der Waals surface area contributed by atoms with Gasteiger partial charge in [0.05, 0.1) is 11.9 Å². The maximum Gasteiger partial charge on any atom is 0.364 e. The van der Waals surface area contributed by atoms with Gasteiger partial charge in [-0.1, -0.05) is 28.0 Å². The summed E-state index contributed by atoms with van der Waals surface area (Å²) in [4.78, 5) is 28.5. The van der Waals surface area contributed by atoms with Crippen molar-refractivity contribution in [2.75, 3.05) is 11.9 Å². The number of Topliss-reactive ketones (excluding diaryl/α,β-unsaturated/α-hetero) is 1. The van der Waals surface area contributed by atoms with Crippen molar-refractivity contribution >= 4 is 33.4 Å². The van der Waals surface area contributed by atoms with E-state index in [2.05, 4.69) is 28.0 Å². The van der Waals surface area contributed by atoms with E-state index in [0.717, 1.165) is 25.7 Å². The Labute approximate surface area is 121 Å². The Bertz CT molecular complexity index is 349. The second kappa shape index (κ2) is 8.30. The highest BCUT2D eigenvalue weighted by Crippen LogP contribution is 2.25. The van der Waals surface area contributed by atoms with Gasteiger partial charge in [0.1, 0.15) is 6.10 Å². The van der Waals surface area contributed by atoms with Gasteiger partial charge < -0.3 is 9.57 Å². The van der Waals surface area contributed by atoms with E-state index in [-0.39, 0.29) is 23.8 Å². The summed E-state index contributed by atoms with van der Waals surface area (Å²) in [6, 6.07) is 0. The molecule has 0 saturated heterocycles. The van der Waals surface area contributed by atoms with Crippen LogP contribution in [-0.2, 0) is 19.2 Å². The van der Waals surface area contributed by atoms with Gasteiger partial charge in [-0.2, -0.15) is 0 Å². The monoisotopic (exact) mass is 333 g/mol. The first-order chi connectivity index (χ1) is 9.08. The van der Waals surface area contributed by atoms with Gasteiger partial charge in [0, 0.05) is 0 Å². The number of alkyl halides is 1. The molecule has 0 atom stereocenters. The minimum Gasteiger partial charge on any atom is -0.461 e. The summed E-state index contributed by atoms with van der Waals surface area (Å²) in [5, 5.41) is 3.75. The fraction of sp³-hybridized carbons (Fsp3) is 0.769. The van der Waals surface area contributed by atoms with Gasteiger partial charge in [-0.25, -0.2) is 4.79 Å². The van der Waals surface area contributed by atoms with Crippen molar-refractivity contribution in [3.63, 3.8) is 0 Å². The molecule has 108 valence electrons. The normalized spacial score (nSPS) is 23.8. The van der Waals surface area contributed by atoms with Crippen LogP contribution in [0.1, 0.15) is 39.5 Å². The maximum atomic E-state index is 11.6. The minimum absolute atomic E-state index is 0.0104. The molecule has 0 aliphatic heterocycles. The van der Waals surface area contributed by atoms with Gasteiger partial charge in [0.15, 0.2) is 0 Å². The van der Waals surface area contributed by atoms with Crippen molar-refractivity contribution in [2.24, 2.45) is 11.1 Å². The first-order valence-electron chi connectivity index (χ1n) is 6.58. The third-order valence-electron chi connectivity index (χ3n) is 3.11. The highest BCUT2D eigenvalue weighted by atomic mass is 79.9. The lowest BCUT2D eigenvalue weighted by Gasteiger charge is -2.24. The van der Waals surface area contributed by atoms with Crippen molar-refractivity contribution in [1.82, 2.24) is 0 Å². The third kappa shape index (κ3) is 5.30. The van der Waals surface area contributed by atoms with Crippen molar-refractivity contribution in [3.8, 4) is 0 Å². The fourth-order valence-corrected chi connectivity index (χ4v) is 2.19. The van der Waals surface area contributed by atoms with Crippen LogP contribution in [0.5, 0.6) is 0 Å². The molecule has 1 fully saturated rings. The van der Waals surface area contributed by atoms with Gasteiger partial charge >= 0.3 is 5.97 Å². The molecule has 1 saturated carbocycles. The van der Waals surface area contributed by atoms with Crippen molar-refractivity contribution in [1.29, 1.82) is 0 Å². The number of hydrogen-bond donors (Lipinski definition) is 0. The topological polar surface area (TPSA) is 65.0 Å². The molecule has 1 aliphatic carbocycles. The molecule has 0 amide bonds. The molecule has 1 aliphatic rings. The number of carbonyl (C=O) groups is 2. The lowest BCUT2D eigenvalue weighted by atomic mass is 9.89. The van der Waals surface area contributed by atoms with Gasteiger partial charge in [-0.05, 0) is 38.5 Å². The molecule has 0 unspecified atom stereocenters. The lowest BCUT2D eigenvalue weighted by molar-refractivity contribution is -0.136. The SMILES string of the molecule is CCOC(=O)/C(=N\O[C@H]1CC[C@H](C)CC1)C(=O)CBr. The Balaban J connectivity index is 2.61. The molecule has 1 rings (SSSR count). The van der Waals surface area contributed by atoms with Crippen LogP contribution in [0.15, 0.2) is 5.16 Å². The zero-order valence-corrected chi connectivity index (χ0v) is 12.9. The molecule has 0 bridgehead atoms. The summed E-state index contributed by atoms with van der Waals surface area (Å²) in [5.41, 5.74) is -0.266. The molecule has 0 aromatic rings. The molecule has 0 radical (unpaired) electrons. The summed E-state index contributed by atoms with van der Waals surface area (Å²) in [7, 11) is 0. The number of rotatable bonds is 6. The summed E-state index contributed by atoms with van der Waals surface area (Å²) in [6.07, 6.45) is 3.97. The van der Waals surface area contributed by atoms with Gasteiger partial charge in [-0.15, -0.1) is 0 Å². The van der Waals surface area contributed by atoms with Crippen LogP contribution in [-0.4, -0.2) is 35.5 Å². The average molecular weight is 334 g/mol. The molecule has 19 heavy (non-hydrogen) atoms. The quantitative estimate of drug-likeness (QED) is 0.246. The molecule has 6 heteroatoms. The summed E-state index contributed by atoms with van der Waals surface area (Å²) in [5.74, 6) is -0.448. The van der Waals surface area contributed by atoms with Gasteiger partial charge in [0.25, 0.3) is 0 Å². The Kier molecular flexibility index (Phi) is 7.05. The number of carbonyl (C=O) groups excluding carboxylic acids is 2. The van der Waals surface area contributed by atoms with E-state index in [1.807, 2.05) is 0 Å². The van der Waals surface area contributed by atoms with Crippen LogP contribution in [0.4, 0.5) is 0 Å². The number of esters is 1. The molecule has 0 heterocycles. The van der Waals surface area contributed by atoms with E-state index in [9.17, 15) is 9.59 Å². The largest absolute Gasteiger partial charge is 0.461 e. The minimum atomic E-state index is -0.726. The van der Waals surface area contributed by atoms with Crippen molar-refractivity contribution in [3.05, 3.63) is 0 Å². The zero-order valence-electron chi connectivity index (χ0n) is 11.4. The zero-order chi connectivity index (χ0) is 14.3. The van der Waals surface area contributed by atoms with E-state index in [1.54, 1.807) is 6.92 Å².